The van der Waals surface area contributed by atoms with Gasteiger partial charge >= 0.3 is 0 Å². The molecule has 0 unspecified atom stereocenters. The maximum absolute atomic E-state index is 12.5. The predicted octanol–water partition coefficient (Wildman–Crippen LogP) is 3.20. The summed E-state index contributed by atoms with van der Waals surface area (Å²) in [5.74, 6) is -3.03. The third-order valence-electron chi connectivity index (χ3n) is 5.30. The fraction of sp³-hybridized carbons (Fsp3) is 0.571. The summed E-state index contributed by atoms with van der Waals surface area (Å²) in [5, 5.41) is 10.7. The van der Waals surface area contributed by atoms with Crippen molar-refractivity contribution in [1.29, 1.82) is 0 Å². The molecule has 0 saturated heterocycles. The molecule has 0 aromatic heterocycles. The van der Waals surface area contributed by atoms with Crippen LogP contribution in [0.4, 0.5) is 0 Å². The predicted molar refractivity (Wildman–Crippen MR) is 96.5 cm³/mol. The molecule has 0 bridgehead atoms. The van der Waals surface area contributed by atoms with Gasteiger partial charge in [-0.25, -0.2) is 0 Å². The SMILES string of the molecule is CC(=O)[C@@H]1C(=O)C[C@@](C)(O)[C@@H](C(C)=O)[C@@H]1c1ccc(C(C)(C)C)cc1. The molecule has 1 aliphatic carbocycles. The van der Waals surface area contributed by atoms with Crippen molar-refractivity contribution in [3.05, 3.63) is 35.4 Å². The van der Waals surface area contributed by atoms with Crippen LogP contribution in [0.1, 0.15) is 65.0 Å². The summed E-state index contributed by atoms with van der Waals surface area (Å²) in [6.07, 6.45) is -0.169. The highest BCUT2D eigenvalue weighted by Crippen LogP contribution is 2.46. The first kappa shape index (κ1) is 19.5. The van der Waals surface area contributed by atoms with Crippen molar-refractivity contribution in [2.45, 2.75) is 64.9 Å². The maximum Gasteiger partial charge on any atom is 0.146 e. The van der Waals surface area contributed by atoms with Gasteiger partial charge in [0.25, 0.3) is 0 Å². The standard InChI is InChI=1S/C21H28O4/c1-12(22)17-16(24)11-21(6,25)19(13(2)23)18(17)14-7-9-15(10-8-14)20(3,4)5/h7-10,17-19,25H,11H2,1-6H3/t17-,18-,19+,21-/m1/s1. The molecule has 1 fully saturated rings. The van der Waals surface area contributed by atoms with E-state index in [-0.39, 0.29) is 29.2 Å². The number of rotatable bonds is 3. The minimum atomic E-state index is -1.44. The van der Waals surface area contributed by atoms with Crippen molar-refractivity contribution in [1.82, 2.24) is 0 Å². The molecule has 0 aliphatic heterocycles. The van der Waals surface area contributed by atoms with E-state index in [1.807, 2.05) is 24.3 Å². The summed E-state index contributed by atoms with van der Waals surface area (Å²) < 4.78 is 0. The van der Waals surface area contributed by atoms with E-state index in [0.717, 1.165) is 11.1 Å². The van der Waals surface area contributed by atoms with Gasteiger partial charge in [-0.1, -0.05) is 45.0 Å². The quantitative estimate of drug-likeness (QED) is 0.855. The number of hydrogen-bond acceptors (Lipinski definition) is 4. The van der Waals surface area contributed by atoms with Gasteiger partial charge in [-0.05, 0) is 37.3 Å². The lowest BCUT2D eigenvalue weighted by atomic mass is 9.59. The van der Waals surface area contributed by atoms with Crippen molar-refractivity contribution >= 4 is 17.3 Å². The van der Waals surface area contributed by atoms with Crippen LogP contribution in [0.3, 0.4) is 0 Å². The van der Waals surface area contributed by atoms with Gasteiger partial charge in [-0.3, -0.25) is 14.4 Å². The fourth-order valence-corrected chi connectivity index (χ4v) is 4.11. The third kappa shape index (κ3) is 3.74. The molecule has 2 rings (SSSR count). The van der Waals surface area contributed by atoms with Crippen LogP contribution in [0.25, 0.3) is 0 Å². The van der Waals surface area contributed by atoms with Crippen molar-refractivity contribution in [2.75, 3.05) is 0 Å². The largest absolute Gasteiger partial charge is 0.389 e. The van der Waals surface area contributed by atoms with Crippen molar-refractivity contribution in [3.8, 4) is 0 Å². The Morgan fingerprint density at radius 2 is 1.60 bits per heavy atom. The Morgan fingerprint density at radius 1 is 1.08 bits per heavy atom. The average molecular weight is 344 g/mol. The summed E-state index contributed by atoms with van der Waals surface area (Å²) in [6, 6.07) is 7.70. The summed E-state index contributed by atoms with van der Waals surface area (Å²) in [4.78, 5) is 37.0. The highest BCUT2D eigenvalue weighted by Gasteiger charge is 2.53. The van der Waals surface area contributed by atoms with Crippen molar-refractivity contribution in [2.24, 2.45) is 11.8 Å². The van der Waals surface area contributed by atoms with Crippen LogP contribution < -0.4 is 0 Å². The summed E-state index contributed by atoms with van der Waals surface area (Å²) in [7, 11) is 0. The van der Waals surface area contributed by atoms with Crippen molar-refractivity contribution in [3.63, 3.8) is 0 Å². The van der Waals surface area contributed by atoms with Crippen LogP contribution in [0.15, 0.2) is 24.3 Å². The van der Waals surface area contributed by atoms with Crippen molar-refractivity contribution < 1.29 is 19.5 Å². The van der Waals surface area contributed by atoms with E-state index in [4.69, 9.17) is 0 Å². The third-order valence-corrected chi connectivity index (χ3v) is 5.30. The zero-order chi connectivity index (χ0) is 19.2. The van der Waals surface area contributed by atoms with E-state index in [1.54, 1.807) is 0 Å². The second-order valence-electron chi connectivity index (χ2n) is 8.57. The lowest BCUT2D eigenvalue weighted by molar-refractivity contribution is -0.151. The van der Waals surface area contributed by atoms with Crippen LogP contribution >= 0.6 is 0 Å². The first-order chi connectivity index (χ1) is 11.4. The van der Waals surface area contributed by atoms with Gasteiger partial charge in [0.1, 0.15) is 17.3 Å². The lowest BCUT2D eigenvalue weighted by Crippen LogP contribution is -2.53. The molecule has 1 aliphatic rings. The number of ketones is 3. The normalized spacial score (nSPS) is 30.2. The van der Waals surface area contributed by atoms with Crippen LogP contribution in [-0.2, 0) is 19.8 Å². The van der Waals surface area contributed by atoms with Gasteiger partial charge in [-0.15, -0.1) is 0 Å². The highest BCUT2D eigenvalue weighted by atomic mass is 16.3. The zero-order valence-corrected chi connectivity index (χ0v) is 15.9. The molecule has 1 aromatic carbocycles. The molecule has 25 heavy (non-hydrogen) atoms. The molecule has 136 valence electrons. The van der Waals surface area contributed by atoms with E-state index in [1.165, 1.54) is 20.8 Å². The van der Waals surface area contributed by atoms with Crippen LogP contribution in [-0.4, -0.2) is 28.1 Å². The van der Waals surface area contributed by atoms with Crippen LogP contribution in [0, 0.1) is 11.8 Å². The van der Waals surface area contributed by atoms with Gasteiger partial charge in [0.05, 0.1) is 17.4 Å². The number of carbonyl (C=O) groups is 3. The minimum absolute atomic E-state index is 0.0215. The molecular weight excluding hydrogens is 316 g/mol. The van der Waals surface area contributed by atoms with E-state index < -0.39 is 23.4 Å². The number of benzene rings is 1. The Balaban J connectivity index is 2.59. The summed E-state index contributed by atoms with van der Waals surface area (Å²) in [6.45, 7) is 10.6. The Morgan fingerprint density at radius 3 is 2.00 bits per heavy atom. The second-order valence-corrected chi connectivity index (χ2v) is 8.57. The first-order valence-electron chi connectivity index (χ1n) is 8.72. The minimum Gasteiger partial charge on any atom is -0.389 e. The Kier molecular flexibility index (Phi) is 5.06. The smallest absolute Gasteiger partial charge is 0.146 e. The molecule has 0 radical (unpaired) electrons. The number of carbonyl (C=O) groups excluding carboxylic acids is 3. The van der Waals surface area contributed by atoms with Gasteiger partial charge in [0.15, 0.2) is 0 Å². The summed E-state index contributed by atoms with van der Waals surface area (Å²) >= 11 is 0. The van der Waals surface area contributed by atoms with Crippen LogP contribution in [0.5, 0.6) is 0 Å². The van der Waals surface area contributed by atoms with Crippen LogP contribution in [0.2, 0.25) is 0 Å². The van der Waals surface area contributed by atoms with E-state index in [0.29, 0.717) is 0 Å². The van der Waals surface area contributed by atoms with Gasteiger partial charge in [-0.2, -0.15) is 0 Å². The zero-order valence-electron chi connectivity index (χ0n) is 15.9. The molecule has 0 amide bonds. The molecule has 1 N–H and O–H groups in total. The Labute approximate surface area is 149 Å². The van der Waals surface area contributed by atoms with Gasteiger partial charge in [0.2, 0.25) is 0 Å². The van der Waals surface area contributed by atoms with Gasteiger partial charge in [0, 0.05) is 12.3 Å². The highest BCUT2D eigenvalue weighted by molar-refractivity contribution is 6.05. The van der Waals surface area contributed by atoms with E-state index in [9.17, 15) is 19.5 Å². The average Bonchev–Trinajstić information content (AvgIpc) is 2.43. The lowest BCUT2D eigenvalue weighted by Gasteiger charge is -2.44. The molecule has 4 atom stereocenters. The summed E-state index contributed by atoms with van der Waals surface area (Å²) in [5.41, 5.74) is 0.417. The molecule has 1 aromatic rings. The topological polar surface area (TPSA) is 71.4 Å². The first-order valence-corrected chi connectivity index (χ1v) is 8.72. The maximum atomic E-state index is 12.5. The molecule has 4 nitrogen and oxygen atoms in total. The Bertz CT molecular complexity index is 692. The number of hydrogen-bond donors (Lipinski definition) is 1. The molecule has 4 heteroatoms. The fourth-order valence-electron chi connectivity index (χ4n) is 4.11. The Hall–Kier alpha value is -1.81. The van der Waals surface area contributed by atoms with Gasteiger partial charge < -0.3 is 5.11 Å². The monoisotopic (exact) mass is 344 g/mol. The number of aliphatic hydroxyl groups is 1. The molecule has 1 saturated carbocycles. The number of Topliss-reactive ketones (excluding diaryl/α,β-unsaturated/α-hetero) is 3. The molecule has 0 heterocycles. The molecular formula is C21H28O4. The van der Waals surface area contributed by atoms with E-state index in [2.05, 4.69) is 20.8 Å². The second kappa shape index (κ2) is 6.49. The molecule has 0 spiro atoms. The van der Waals surface area contributed by atoms with E-state index >= 15 is 0 Å².